The first-order valence-electron chi connectivity index (χ1n) is 17.4. The lowest BCUT2D eigenvalue weighted by Gasteiger charge is -2.58. The first-order valence-corrected chi connectivity index (χ1v) is 17.4. The summed E-state index contributed by atoms with van der Waals surface area (Å²) >= 11 is 0. The number of ether oxygens (including phenoxy) is 2. The molecule has 0 amide bonds. The summed E-state index contributed by atoms with van der Waals surface area (Å²) in [5.74, 6) is 5.60. The van der Waals surface area contributed by atoms with Gasteiger partial charge in [-0.2, -0.15) is 0 Å². The molecule has 0 saturated heterocycles. The molecule has 3 saturated carbocycles. The molecule has 4 heteroatoms. The van der Waals surface area contributed by atoms with Crippen molar-refractivity contribution in [2.24, 2.45) is 51.3 Å². The topological polar surface area (TPSA) is 51.0 Å². The van der Waals surface area contributed by atoms with E-state index in [4.69, 9.17) is 9.47 Å². The third kappa shape index (κ3) is 6.85. The van der Waals surface area contributed by atoms with E-state index in [2.05, 4.69) is 45.7 Å². The minimum Gasteiger partial charge on any atom is -0.507 e. The van der Waals surface area contributed by atoms with Crippen molar-refractivity contribution in [2.75, 3.05) is 26.4 Å². The van der Waals surface area contributed by atoms with Crippen LogP contribution < -0.4 is 0 Å². The van der Waals surface area contributed by atoms with Crippen LogP contribution in [0, 0.1) is 46.3 Å². The molecule has 3 fully saturated rings. The lowest BCUT2D eigenvalue weighted by Crippen LogP contribution is -2.51. The molecule has 4 aliphatic carbocycles. The molecule has 1 aromatic carbocycles. The standard InChI is InChI=1S/C38H59NO3/c1-27(2)9-8-10-28(3)33-15-16-34-32-14-13-30-25-31(17-19-37(30,4)35(32)18-20-38(33,34)5)42-24-23-41-22-21-39-26-29-11-6-7-12-36(29)40/h6-7,11-13,26-28,31-35,40H,8-10,14-25H2,1-5H3/t28-,31+,32+,33-,34+,35+,37+,38-/m1/s1. The number of aliphatic imine (C=N–C) groups is 1. The second kappa shape index (κ2) is 14.0. The summed E-state index contributed by atoms with van der Waals surface area (Å²) in [4.78, 5) is 4.37. The minimum atomic E-state index is 0.259. The van der Waals surface area contributed by atoms with Gasteiger partial charge in [-0.15, -0.1) is 0 Å². The monoisotopic (exact) mass is 577 g/mol. The van der Waals surface area contributed by atoms with Gasteiger partial charge in [0.2, 0.25) is 0 Å². The SMILES string of the molecule is CC(C)CCC[C@@H](C)[C@H]1CC[C@H]2[C@@H]3CC=C4C[C@@H](OCCOCCN=Cc5ccccc5O)CC[C@]4(C)[C@H]3CC[C@]12C. The summed E-state index contributed by atoms with van der Waals surface area (Å²) in [5.41, 5.74) is 3.40. The quantitative estimate of drug-likeness (QED) is 0.144. The highest BCUT2D eigenvalue weighted by molar-refractivity contribution is 5.83. The number of rotatable bonds is 13. The Hall–Kier alpha value is -1.65. The number of hydrogen-bond donors (Lipinski definition) is 1. The zero-order valence-corrected chi connectivity index (χ0v) is 27.3. The Labute approximate surface area is 256 Å². The van der Waals surface area contributed by atoms with Gasteiger partial charge in [0.1, 0.15) is 5.75 Å². The number of hydrogen-bond acceptors (Lipinski definition) is 4. The molecule has 0 unspecified atom stereocenters. The molecule has 0 aliphatic heterocycles. The van der Waals surface area contributed by atoms with E-state index in [1.807, 2.05) is 18.2 Å². The number of nitrogens with zero attached hydrogens (tertiary/aromatic N) is 1. The highest BCUT2D eigenvalue weighted by atomic mass is 16.5. The second-order valence-corrected chi connectivity index (χ2v) is 15.2. The Balaban J connectivity index is 1.07. The highest BCUT2D eigenvalue weighted by Crippen LogP contribution is 2.67. The van der Waals surface area contributed by atoms with Crippen molar-refractivity contribution in [1.29, 1.82) is 0 Å². The van der Waals surface area contributed by atoms with Gasteiger partial charge < -0.3 is 14.6 Å². The average Bonchev–Trinajstić information content (AvgIpc) is 3.32. The first-order chi connectivity index (χ1) is 20.2. The number of para-hydroxylation sites is 1. The fourth-order valence-corrected chi connectivity index (χ4v) is 10.0. The van der Waals surface area contributed by atoms with Crippen LogP contribution in [0.1, 0.15) is 111 Å². The third-order valence-corrected chi connectivity index (χ3v) is 12.4. The van der Waals surface area contributed by atoms with Crippen molar-refractivity contribution in [2.45, 2.75) is 111 Å². The zero-order chi connectivity index (χ0) is 29.7. The Morgan fingerprint density at radius 1 is 0.976 bits per heavy atom. The largest absolute Gasteiger partial charge is 0.507 e. The molecular weight excluding hydrogens is 518 g/mol. The van der Waals surface area contributed by atoms with Crippen LogP contribution in [-0.4, -0.2) is 43.8 Å². The van der Waals surface area contributed by atoms with Crippen LogP contribution in [0.2, 0.25) is 0 Å². The van der Waals surface area contributed by atoms with E-state index in [0.29, 0.717) is 43.3 Å². The summed E-state index contributed by atoms with van der Waals surface area (Å²) < 4.78 is 12.1. The molecule has 1 aromatic rings. The smallest absolute Gasteiger partial charge is 0.124 e. The first kappa shape index (κ1) is 31.8. The van der Waals surface area contributed by atoms with E-state index >= 15 is 0 Å². The van der Waals surface area contributed by atoms with E-state index in [-0.39, 0.29) is 5.75 Å². The molecule has 0 spiro atoms. The van der Waals surface area contributed by atoms with Crippen molar-refractivity contribution < 1.29 is 14.6 Å². The number of aromatic hydroxyl groups is 1. The van der Waals surface area contributed by atoms with Gasteiger partial charge in [-0.05, 0) is 110 Å². The maximum absolute atomic E-state index is 9.82. The van der Waals surface area contributed by atoms with Crippen molar-refractivity contribution in [3.63, 3.8) is 0 Å². The van der Waals surface area contributed by atoms with Gasteiger partial charge in [-0.3, -0.25) is 4.99 Å². The van der Waals surface area contributed by atoms with Crippen LogP contribution in [0.25, 0.3) is 0 Å². The molecule has 0 aromatic heterocycles. The van der Waals surface area contributed by atoms with E-state index in [0.717, 1.165) is 47.5 Å². The summed E-state index contributed by atoms with van der Waals surface area (Å²) in [7, 11) is 0. The molecule has 234 valence electrons. The molecule has 0 bridgehead atoms. The lowest BCUT2D eigenvalue weighted by molar-refractivity contribution is -0.0676. The Morgan fingerprint density at radius 3 is 2.62 bits per heavy atom. The molecule has 0 heterocycles. The number of benzene rings is 1. The second-order valence-electron chi connectivity index (χ2n) is 15.2. The highest BCUT2D eigenvalue weighted by Gasteiger charge is 2.59. The van der Waals surface area contributed by atoms with Crippen LogP contribution in [0.5, 0.6) is 5.75 Å². The molecule has 1 N–H and O–H groups in total. The summed E-state index contributed by atoms with van der Waals surface area (Å²) in [6.45, 7) is 15.1. The maximum Gasteiger partial charge on any atom is 0.124 e. The summed E-state index contributed by atoms with van der Waals surface area (Å²) in [6, 6.07) is 7.25. The average molecular weight is 578 g/mol. The van der Waals surface area contributed by atoms with Crippen molar-refractivity contribution >= 4 is 6.21 Å². The molecule has 0 radical (unpaired) electrons. The van der Waals surface area contributed by atoms with Crippen LogP contribution in [0.15, 0.2) is 40.9 Å². The number of phenolic OH excluding ortho intramolecular Hbond substituents is 1. The Morgan fingerprint density at radius 2 is 1.81 bits per heavy atom. The fraction of sp³-hybridized carbons (Fsp3) is 0.763. The Bertz CT molecular complexity index is 1080. The lowest BCUT2D eigenvalue weighted by atomic mass is 9.47. The van der Waals surface area contributed by atoms with E-state index in [1.54, 1.807) is 17.9 Å². The van der Waals surface area contributed by atoms with Gasteiger partial charge in [-0.1, -0.05) is 77.7 Å². The number of allylic oxidation sites excluding steroid dienone is 1. The summed E-state index contributed by atoms with van der Waals surface area (Å²) in [5, 5.41) is 9.82. The summed E-state index contributed by atoms with van der Waals surface area (Å²) in [6.07, 6.45) is 19.7. The van der Waals surface area contributed by atoms with Crippen LogP contribution in [-0.2, 0) is 9.47 Å². The molecule has 8 atom stereocenters. The van der Waals surface area contributed by atoms with Gasteiger partial charge in [0.25, 0.3) is 0 Å². The van der Waals surface area contributed by atoms with Gasteiger partial charge >= 0.3 is 0 Å². The number of fused-ring (bicyclic) bond motifs is 5. The molecule has 4 aliphatic rings. The van der Waals surface area contributed by atoms with Crippen LogP contribution in [0.4, 0.5) is 0 Å². The van der Waals surface area contributed by atoms with Gasteiger partial charge in [-0.25, -0.2) is 0 Å². The van der Waals surface area contributed by atoms with E-state index in [1.165, 1.54) is 64.2 Å². The maximum atomic E-state index is 9.82. The fourth-order valence-electron chi connectivity index (χ4n) is 10.0. The van der Waals surface area contributed by atoms with E-state index < -0.39 is 0 Å². The van der Waals surface area contributed by atoms with Crippen molar-refractivity contribution in [1.82, 2.24) is 0 Å². The van der Waals surface area contributed by atoms with Crippen LogP contribution >= 0.6 is 0 Å². The molecular formula is C38H59NO3. The molecule has 5 rings (SSSR count). The van der Waals surface area contributed by atoms with Gasteiger partial charge in [0.05, 0.1) is 32.5 Å². The van der Waals surface area contributed by atoms with Crippen LogP contribution in [0.3, 0.4) is 0 Å². The van der Waals surface area contributed by atoms with E-state index in [9.17, 15) is 5.11 Å². The van der Waals surface area contributed by atoms with Crippen molar-refractivity contribution in [3.05, 3.63) is 41.5 Å². The van der Waals surface area contributed by atoms with Gasteiger partial charge in [0.15, 0.2) is 0 Å². The third-order valence-electron chi connectivity index (χ3n) is 12.4. The van der Waals surface area contributed by atoms with Crippen molar-refractivity contribution in [3.8, 4) is 5.75 Å². The predicted octanol–water partition coefficient (Wildman–Crippen LogP) is 9.25. The normalized spacial score (nSPS) is 35.1. The zero-order valence-electron chi connectivity index (χ0n) is 27.3. The minimum absolute atomic E-state index is 0.259. The molecule has 42 heavy (non-hydrogen) atoms. The number of phenols is 1. The Kier molecular flexibility index (Phi) is 10.6. The predicted molar refractivity (Wildman–Crippen MR) is 174 cm³/mol. The van der Waals surface area contributed by atoms with Gasteiger partial charge in [0, 0.05) is 11.8 Å². The molecule has 4 nitrogen and oxygen atoms in total.